The zero-order valence-corrected chi connectivity index (χ0v) is 16.5. The zero-order chi connectivity index (χ0) is 20.2. The summed E-state index contributed by atoms with van der Waals surface area (Å²) < 4.78 is 16.4. The number of fused-ring (bicyclic) bond motifs is 1. The Morgan fingerprint density at radius 2 is 1.72 bits per heavy atom. The van der Waals surface area contributed by atoms with Crippen LogP contribution < -0.4 is 4.74 Å². The van der Waals surface area contributed by atoms with Crippen LogP contribution in [-0.4, -0.2) is 18.1 Å². The molecule has 1 aromatic heterocycles. The van der Waals surface area contributed by atoms with Crippen molar-refractivity contribution in [1.29, 1.82) is 0 Å². The van der Waals surface area contributed by atoms with E-state index in [1.807, 2.05) is 42.5 Å². The topological polar surface area (TPSA) is 61.6 Å². The molecular formula is C23H18ClNO4. The second-order valence-corrected chi connectivity index (χ2v) is 6.91. The van der Waals surface area contributed by atoms with Crippen LogP contribution in [-0.2, 0) is 16.0 Å². The lowest BCUT2D eigenvalue weighted by molar-refractivity contribution is -0.140. The van der Waals surface area contributed by atoms with Crippen LogP contribution in [0.2, 0.25) is 5.02 Å². The Kier molecular flexibility index (Phi) is 5.49. The summed E-state index contributed by atoms with van der Waals surface area (Å²) in [6.45, 7) is 0. The van der Waals surface area contributed by atoms with E-state index in [-0.39, 0.29) is 5.97 Å². The van der Waals surface area contributed by atoms with E-state index < -0.39 is 0 Å². The number of aryl methyl sites for hydroxylation is 1. The smallest absolute Gasteiger partial charge is 0.305 e. The molecule has 29 heavy (non-hydrogen) atoms. The third-order valence-corrected chi connectivity index (χ3v) is 4.71. The molecule has 0 aliphatic carbocycles. The standard InChI is InChI=1S/C23H18ClNO4/c1-27-22(26)13-4-15-2-5-16(6-3-15)23-25-20-12-11-19(14-21(20)29-23)28-18-9-7-17(24)8-10-18/h2-3,5-12,14H,4,13H2,1H3. The molecule has 5 nitrogen and oxygen atoms in total. The van der Waals surface area contributed by atoms with Crippen molar-refractivity contribution < 1.29 is 18.7 Å². The van der Waals surface area contributed by atoms with Gasteiger partial charge in [-0.05, 0) is 60.5 Å². The fourth-order valence-electron chi connectivity index (χ4n) is 2.89. The molecule has 0 saturated heterocycles. The first kappa shape index (κ1) is 19.0. The van der Waals surface area contributed by atoms with Crippen LogP contribution in [0.3, 0.4) is 0 Å². The highest BCUT2D eigenvalue weighted by atomic mass is 35.5. The van der Waals surface area contributed by atoms with Gasteiger partial charge in [0.15, 0.2) is 5.58 Å². The minimum Gasteiger partial charge on any atom is -0.469 e. The first-order valence-electron chi connectivity index (χ1n) is 9.11. The van der Waals surface area contributed by atoms with Gasteiger partial charge in [0.1, 0.15) is 17.0 Å². The highest BCUT2D eigenvalue weighted by Crippen LogP contribution is 2.30. The third kappa shape index (κ3) is 4.58. The highest BCUT2D eigenvalue weighted by molar-refractivity contribution is 6.30. The number of hydrogen-bond donors (Lipinski definition) is 0. The van der Waals surface area contributed by atoms with Crippen LogP contribution in [0, 0.1) is 0 Å². The lowest BCUT2D eigenvalue weighted by Crippen LogP contribution is -2.01. The molecule has 0 atom stereocenters. The van der Waals surface area contributed by atoms with Crippen LogP contribution in [0.1, 0.15) is 12.0 Å². The van der Waals surface area contributed by atoms with Crippen molar-refractivity contribution in [2.75, 3.05) is 7.11 Å². The lowest BCUT2D eigenvalue weighted by Gasteiger charge is -2.04. The molecule has 0 fully saturated rings. The normalized spacial score (nSPS) is 10.8. The number of halogens is 1. The molecule has 1 heterocycles. The fourth-order valence-corrected chi connectivity index (χ4v) is 3.02. The average Bonchev–Trinajstić information content (AvgIpc) is 3.17. The number of esters is 1. The third-order valence-electron chi connectivity index (χ3n) is 4.46. The number of carbonyl (C=O) groups excluding carboxylic acids is 1. The van der Waals surface area contributed by atoms with Gasteiger partial charge in [-0.3, -0.25) is 4.79 Å². The van der Waals surface area contributed by atoms with Gasteiger partial charge < -0.3 is 13.9 Å². The molecule has 0 aliphatic heterocycles. The van der Waals surface area contributed by atoms with Gasteiger partial charge in [-0.1, -0.05) is 23.7 Å². The number of methoxy groups -OCH3 is 1. The van der Waals surface area contributed by atoms with Crippen LogP contribution >= 0.6 is 11.6 Å². The lowest BCUT2D eigenvalue weighted by atomic mass is 10.1. The molecule has 0 bridgehead atoms. The summed E-state index contributed by atoms with van der Waals surface area (Å²) in [4.78, 5) is 15.8. The predicted octanol–water partition coefficient (Wildman–Crippen LogP) is 6.05. The molecule has 4 rings (SSSR count). The van der Waals surface area contributed by atoms with Crippen molar-refractivity contribution >= 4 is 28.7 Å². The molecule has 6 heteroatoms. The van der Waals surface area contributed by atoms with Crippen molar-refractivity contribution in [2.24, 2.45) is 0 Å². The molecule has 0 spiro atoms. The number of carbonyl (C=O) groups is 1. The van der Waals surface area contributed by atoms with Crippen molar-refractivity contribution in [3.05, 3.63) is 77.3 Å². The van der Waals surface area contributed by atoms with E-state index in [1.54, 1.807) is 24.3 Å². The Morgan fingerprint density at radius 3 is 2.45 bits per heavy atom. The number of nitrogens with zero attached hydrogens (tertiary/aromatic N) is 1. The Labute approximate surface area is 172 Å². The highest BCUT2D eigenvalue weighted by Gasteiger charge is 2.10. The van der Waals surface area contributed by atoms with Crippen LogP contribution in [0.5, 0.6) is 11.5 Å². The summed E-state index contributed by atoms with van der Waals surface area (Å²) in [6.07, 6.45) is 0.987. The van der Waals surface area contributed by atoms with E-state index in [0.29, 0.717) is 40.8 Å². The van der Waals surface area contributed by atoms with E-state index in [9.17, 15) is 4.79 Å². The van der Waals surface area contributed by atoms with E-state index in [4.69, 9.17) is 20.8 Å². The molecule has 3 aromatic carbocycles. The average molecular weight is 408 g/mol. The summed E-state index contributed by atoms with van der Waals surface area (Å²) >= 11 is 5.90. The number of ether oxygens (including phenoxy) is 2. The maximum absolute atomic E-state index is 11.3. The van der Waals surface area contributed by atoms with Gasteiger partial charge in [-0.15, -0.1) is 0 Å². The maximum Gasteiger partial charge on any atom is 0.305 e. The van der Waals surface area contributed by atoms with Gasteiger partial charge in [0.05, 0.1) is 7.11 Å². The number of benzene rings is 3. The number of rotatable bonds is 6. The zero-order valence-electron chi connectivity index (χ0n) is 15.7. The molecule has 0 N–H and O–H groups in total. The van der Waals surface area contributed by atoms with E-state index in [0.717, 1.165) is 16.6 Å². The summed E-state index contributed by atoms with van der Waals surface area (Å²) in [7, 11) is 1.39. The molecule has 0 amide bonds. The van der Waals surface area contributed by atoms with Crippen LogP contribution in [0.15, 0.2) is 71.1 Å². The molecule has 4 aromatic rings. The first-order chi connectivity index (χ1) is 14.1. The summed E-state index contributed by atoms with van der Waals surface area (Å²) in [5, 5.41) is 0.656. The van der Waals surface area contributed by atoms with Gasteiger partial charge in [0.2, 0.25) is 5.89 Å². The molecule has 0 aliphatic rings. The van der Waals surface area contributed by atoms with Crippen molar-refractivity contribution in [2.45, 2.75) is 12.8 Å². The molecule has 146 valence electrons. The van der Waals surface area contributed by atoms with E-state index in [1.165, 1.54) is 7.11 Å². The van der Waals surface area contributed by atoms with Gasteiger partial charge in [0, 0.05) is 23.1 Å². The predicted molar refractivity (Wildman–Crippen MR) is 111 cm³/mol. The monoisotopic (exact) mass is 407 g/mol. The molecule has 0 radical (unpaired) electrons. The second kappa shape index (κ2) is 8.37. The summed E-state index contributed by atoms with van der Waals surface area (Å²) in [5.74, 6) is 1.66. The number of hydrogen-bond acceptors (Lipinski definition) is 5. The van der Waals surface area contributed by atoms with Gasteiger partial charge in [-0.25, -0.2) is 4.98 Å². The van der Waals surface area contributed by atoms with Gasteiger partial charge >= 0.3 is 5.97 Å². The van der Waals surface area contributed by atoms with Gasteiger partial charge in [0.25, 0.3) is 0 Å². The Bertz CT molecular complexity index is 1130. The largest absolute Gasteiger partial charge is 0.469 e. The molecule has 0 unspecified atom stereocenters. The Hall–Kier alpha value is -3.31. The van der Waals surface area contributed by atoms with Crippen molar-refractivity contribution in [1.82, 2.24) is 4.98 Å². The number of oxazole rings is 1. The summed E-state index contributed by atoms with van der Waals surface area (Å²) in [5.41, 5.74) is 3.30. The SMILES string of the molecule is COC(=O)CCc1ccc(-c2nc3ccc(Oc4ccc(Cl)cc4)cc3o2)cc1. The quantitative estimate of drug-likeness (QED) is 0.364. The second-order valence-electron chi connectivity index (χ2n) is 6.48. The van der Waals surface area contributed by atoms with E-state index >= 15 is 0 Å². The summed E-state index contributed by atoms with van der Waals surface area (Å²) in [6, 6.07) is 20.5. The molecular weight excluding hydrogens is 390 g/mol. The maximum atomic E-state index is 11.3. The van der Waals surface area contributed by atoms with Gasteiger partial charge in [-0.2, -0.15) is 0 Å². The van der Waals surface area contributed by atoms with Crippen LogP contribution in [0.4, 0.5) is 0 Å². The Balaban J connectivity index is 1.51. The Morgan fingerprint density at radius 1 is 1.00 bits per heavy atom. The van der Waals surface area contributed by atoms with Crippen LogP contribution in [0.25, 0.3) is 22.6 Å². The minimum atomic E-state index is -0.218. The first-order valence-corrected chi connectivity index (χ1v) is 9.49. The number of aromatic nitrogens is 1. The molecule has 0 saturated carbocycles. The van der Waals surface area contributed by atoms with Crippen molar-refractivity contribution in [3.63, 3.8) is 0 Å². The van der Waals surface area contributed by atoms with Crippen molar-refractivity contribution in [3.8, 4) is 23.0 Å². The fraction of sp³-hybridized carbons (Fsp3) is 0.130. The van der Waals surface area contributed by atoms with E-state index in [2.05, 4.69) is 9.72 Å². The minimum absolute atomic E-state index is 0.218.